The molecule has 0 heterocycles. The monoisotopic (exact) mass is 424 g/mol. The van der Waals surface area contributed by atoms with Gasteiger partial charge < -0.3 is 20.5 Å². The van der Waals surface area contributed by atoms with Crippen molar-refractivity contribution in [3.63, 3.8) is 0 Å². The Balaban J connectivity index is 2.84. The molecular weight excluding hydrogens is 396 g/mol. The Morgan fingerprint density at radius 1 is 1.03 bits per heavy atom. The van der Waals surface area contributed by atoms with Gasteiger partial charge in [-0.2, -0.15) is 12.6 Å². The number of thiol groups is 1. The second-order valence-electron chi connectivity index (χ2n) is 7.08. The quantitative estimate of drug-likeness (QED) is 0.313. The largest absolute Gasteiger partial charge is 0.480 e. The van der Waals surface area contributed by atoms with E-state index in [1.807, 2.05) is 19.9 Å². The second kappa shape index (κ2) is 12.1. The number of esters is 1. The molecule has 0 aliphatic heterocycles. The topological polar surface area (TPSA) is 122 Å². The minimum atomic E-state index is -1.17. The van der Waals surface area contributed by atoms with Crippen molar-refractivity contribution in [2.45, 2.75) is 50.4 Å². The van der Waals surface area contributed by atoms with Gasteiger partial charge in [0, 0.05) is 6.42 Å². The number of nitrogens with one attached hydrogen (secondary N) is 2. The standard InChI is InChI=1S/C20H28N2O6S/c1-12(2)9-14(21-19(25)16(29)11-17(23)28-3)18(24)22-15(20(26)27)10-13-7-5-4-6-8-13/h4-8,12,14-16,29H,9-11H2,1-3H3,(H,21,25)(H,22,24)(H,26,27)/t14?,15-,16?/m0/s1. The average molecular weight is 425 g/mol. The molecule has 29 heavy (non-hydrogen) atoms. The predicted molar refractivity (Wildman–Crippen MR) is 111 cm³/mol. The lowest BCUT2D eigenvalue weighted by molar-refractivity contribution is -0.143. The van der Waals surface area contributed by atoms with Crippen molar-refractivity contribution in [3.05, 3.63) is 35.9 Å². The molecule has 8 nitrogen and oxygen atoms in total. The van der Waals surface area contributed by atoms with E-state index in [4.69, 9.17) is 0 Å². The van der Waals surface area contributed by atoms with Crippen LogP contribution in [-0.4, -0.2) is 53.3 Å². The van der Waals surface area contributed by atoms with Gasteiger partial charge in [-0.1, -0.05) is 44.2 Å². The SMILES string of the molecule is COC(=O)CC(S)C(=O)NC(CC(C)C)C(=O)N[C@@H](Cc1ccccc1)C(=O)O. The Hall–Kier alpha value is -2.55. The number of rotatable bonds is 11. The molecule has 0 saturated carbocycles. The van der Waals surface area contributed by atoms with Crippen LogP contribution in [0.25, 0.3) is 0 Å². The van der Waals surface area contributed by atoms with Crippen LogP contribution in [0.3, 0.4) is 0 Å². The first-order valence-electron chi connectivity index (χ1n) is 9.26. The second-order valence-corrected chi connectivity index (χ2v) is 7.70. The van der Waals surface area contributed by atoms with Gasteiger partial charge in [-0.3, -0.25) is 14.4 Å². The fourth-order valence-electron chi connectivity index (χ4n) is 2.63. The van der Waals surface area contributed by atoms with Gasteiger partial charge in [0.2, 0.25) is 11.8 Å². The van der Waals surface area contributed by atoms with Crippen LogP contribution in [0.2, 0.25) is 0 Å². The molecule has 2 amide bonds. The summed E-state index contributed by atoms with van der Waals surface area (Å²) in [4.78, 5) is 48.0. The maximum absolute atomic E-state index is 12.7. The molecule has 0 aliphatic carbocycles. The zero-order valence-corrected chi connectivity index (χ0v) is 17.6. The fraction of sp³-hybridized carbons (Fsp3) is 0.500. The number of methoxy groups -OCH3 is 1. The molecular formula is C20H28N2O6S. The first kappa shape index (κ1) is 24.5. The van der Waals surface area contributed by atoms with E-state index in [1.54, 1.807) is 24.3 Å². The molecule has 0 bridgehead atoms. The highest BCUT2D eigenvalue weighted by atomic mass is 32.1. The molecule has 160 valence electrons. The molecule has 3 N–H and O–H groups in total. The summed E-state index contributed by atoms with van der Waals surface area (Å²) in [6.07, 6.45) is 0.170. The Morgan fingerprint density at radius 2 is 1.62 bits per heavy atom. The number of carbonyl (C=O) groups excluding carboxylic acids is 3. The maximum atomic E-state index is 12.7. The number of benzene rings is 1. The van der Waals surface area contributed by atoms with E-state index >= 15 is 0 Å². The smallest absolute Gasteiger partial charge is 0.326 e. The normalized spacial score (nSPS) is 13.8. The molecule has 0 spiro atoms. The number of carboxylic acids is 1. The number of carbonyl (C=O) groups is 4. The Labute approximate surface area is 175 Å². The minimum Gasteiger partial charge on any atom is -0.480 e. The van der Waals surface area contributed by atoms with E-state index in [-0.39, 0.29) is 18.8 Å². The first-order chi connectivity index (χ1) is 13.6. The summed E-state index contributed by atoms with van der Waals surface area (Å²) < 4.78 is 4.51. The van der Waals surface area contributed by atoms with Gasteiger partial charge >= 0.3 is 11.9 Å². The number of carboxylic acid groups (broad SMARTS) is 1. The number of aliphatic carboxylic acids is 1. The van der Waals surface area contributed by atoms with Crippen LogP contribution < -0.4 is 10.6 Å². The van der Waals surface area contributed by atoms with Crippen LogP contribution in [0.4, 0.5) is 0 Å². The van der Waals surface area contributed by atoms with Crippen LogP contribution in [0, 0.1) is 5.92 Å². The summed E-state index contributed by atoms with van der Waals surface area (Å²) in [5.41, 5.74) is 0.762. The summed E-state index contributed by atoms with van der Waals surface area (Å²) in [5.74, 6) is -2.92. The van der Waals surface area contributed by atoms with Crippen LogP contribution in [0.5, 0.6) is 0 Å². The molecule has 1 aromatic rings. The third-order valence-electron chi connectivity index (χ3n) is 4.13. The van der Waals surface area contributed by atoms with Gasteiger partial charge in [0.1, 0.15) is 12.1 Å². The molecule has 0 aromatic heterocycles. The van der Waals surface area contributed by atoms with Crippen molar-refractivity contribution in [2.24, 2.45) is 5.92 Å². The molecule has 2 unspecified atom stereocenters. The lowest BCUT2D eigenvalue weighted by atomic mass is 10.0. The molecule has 0 radical (unpaired) electrons. The molecule has 1 rings (SSSR count). The highest BCUT2D eigenvalue weighted by Gasteiger charge is 2.29. The number of ether oxygens (including phenoxy) is 1. The average Bonchev–Trinajstić information content (AvgIpc) is 2.66. The van der Waals surface area contributed by atoms with Gasteiger partial charge in [-0.25, -0.2) is 4.79 Å². The Bertz CT molecular complexity index is 710. The van der Waals surface area contributed by atoms with Crippen LogP contribution >= 0.6 is 12.6 Å². The molecule has 0 fully saturated rings. The molecule has 9 heteroatoms. The fourth-order valence-corrected chi connectivity index (χ4v) is 2.85. The zero-order chi connectivity index (χ0) is 22.0. The van der Waals surface area contributed by atoms with Gasteiger partial charge in [0.15, 0.2) is 0 Å². The van der Waals surface area contributed by atoms with E-state index in [0.717, 1.165) is 5.56 Å². The number of hydrogen-bond donors (Lipinski definition) is 4. The molecule has 1 aromatic carbocycles. The summed E-state index contributed by atoms with van der Waals surface area (Å²) >= 11 is 4.08. The van der Waals surface area contributed by atoms with Crippen molar-refractivity contribution in [1.82, 2.24) is 10.6 Å². The van der Waals surface area contributed by atoms with Crippen molar-refractivity contribution >= 4 is 36.4 Å². The van der Waals surface area contributed by atoms with Crippen molar-refractivity contribution < 1.29 is 29.0 Å². The van der Waals surface area contributed by atoms with Crippen molar-refractivity contribution in [3.8, 4) is 0 Å². The highest BCUT2D eigenvalue weighted by molar-refractivity contribution is 7.81. The van der Waals surface area contributed by atoms with Gasteiger partial charge in [0.25, 0.3) is 0 Å². The van der Waals surface area contributed by atoms with Gasteiger partial charge in [-0.05, 0) is 17.9 Å². The third kappa shape index (κ3) is 8.99. The Kier molecular flexibility index (Phi) is 10.2. The number of hydrogen-bond acceptors (Lipinski definition) is 6. The van der Waals surface area contributed by atoms with E-state index < -0.39 is 41.1 Å². The minimum absolute atomic E-state index is 0.0578. The van der Waals surface area contributed by atoms with Crippen molar-refractivity contribution in [1.29, 1.82) is 0 Å². The third-order valence-corrected chi connectivity index (χ3v) is 4.54. The zero-order valence-electron chi connectivity index (χ0n) is 16.8. The van der Waals surface area contributed by atoms with Gasteiger partial charge in [-0.15, -0.1) is 0 Å². The van der Waals surface area contributed by atoms with Crippen LogP contribution in [0.15, 0.2) is 30.3 Å². The predicted octanol–water partition coefficient (Wildman–Crippen LogP) is 1.19. The summed E-state index contributed by atoms with van der Waals surface area (Å²) in [5, 5.41) is 13.6. The summed E-state index contributed by atoms with van der Waals surface area (Å²) in [7, 11) is 1.20. The van der Waals surface area contributed by atoms with E-state index in [9.17, 15) is 24.3 Å². The van der Waals surface area contributed by atoms with Gasteiger partial charge in [0.05, 0.1) is 18.8 Å². The number of amides is 2. The lowest BCUT2D eigenvalue weighted by Crippen LogP contribution is -2.53. The molecule has 3 atom stereocenters. The molecule has 0 saturated heterocycles. The first-order valence-corrected chi connectivity index (χ1v) is 9.78. The van der Waals surface area contributed by atoms with E-state index in [1.165, 1.54) is 7.11 Å². The van der Waals surface area contributed by atoms with Crippen LogP contribution in [0.1, 0.15) is 32.3 Å². The summed E-state index contributed by atoms with van der Waals surface area (Å²) in [6.45, 7) is 3.75. The Morgan fingerprint density at radius 3 is 2.14 bits per heavy atom. The van der Waals surface area contributed by atoms with Crippen molar-refractivity contribution in [2.75, 3.05) is 7.11 Å². The van der Waals surface area contributed by atoms with E-state index in [2.05, 4.69) is 28.0 Å². The van der Waals surface area contributed by atoms with E-state index in [0.29, 0.717) is 6.42 Å². The molecule has 0 aliphatic rings. The summed E-state index contributed by atoms with van der Waals surface area (Å²) in [6, 6.07) is 6.83. The highest BCUT2D eigenvalue weighted by Crippen LogP contribution is 2.10. The lowest BCUT2D eigenvalue weighted by Gasteiger charge is -2.24. The maximum Gasteiger partial charge on any atom is 0.326 e. The van der Waals surface area contributed by atoms with Crippen LogP contribution in [-0.2, 0) is 30.3 Å².